The van der Waals surface area contributed by atoms with Crippen molar-refractivity contribution < 1.29 is 14.4 Å². The average molecular weight is 373 g/mol. The molecular formula is C21H31N3O3. The van der Waals surface area contributed by atoms with Crippen LogP contribution in [0.3, 0.4) is 0 Å². The van der Waals surface area contributed by atoms with Crippen LogP contribution in [0.15, 0.2) is 24.3 Å². The Morgan fingerprint density at radius 2 is 1.85 bits per heavy atom. The Kier molecular flexibility index (Phi) is 7.39. The maximum Gasteiger partial charge on any atom is 0.251 e. The van der Waals surface area contributed by atoms with E-state index in [2.05, 4.69) is 10.6 Å². The second-order valence-electron chi connectivity index (χ2n) is 7.77. The zero-order chi connectivity index (χ0) is 20.0. The number of rotatable bonds is 6. The zero-order valence-electron chi connectivity index (χ0n) is 16.7. The molecule has 3 amide bonds. The van der Waals surface area contributed by atoms with Gasteiger partial charge in [-0.15, -0.1) is 0 Å². The minimum absolute atomic E-state index is 0.00311. The molecule has 1 saturated heterocycles. The van der Waals surface area contributed by atoms with Crippen LogP contribution in [0.25, 0.3) is 0 Å². The molecule has 1 fully saturated rings. The summed E-state index contributed by atoms with van der Waals surface area (Å²) in [7, 11) is 0. The van der Waals surface area contributed by atoms with Crippen LogP contribution < -0.4 is 10.6 Å². The molecule has 1 unspecified atom stereocenters. The van der Waals surface area contributed by atoms with Crippen molar-refractivity contribution >= 4 is 17.7 Å². The van der Waals surface area contributed by atoms with Crippen molar-refractivity contribution in [1.29, 1.82) is 0 Å². The quantitative estimate of drug-likeness (QED) is 0.802. The summed E-state index contributed by atoms with van der Waals surface area (Å²) in [6, 6.07) is 6.83. The fourth-order valence-corrected chi connectivity index (χ4v) is 3.37. The molecule has 1 heterocycles. The van der Waals surface area contributed by atoms with Crippen LogP contribution in [-0.2, 0) is 9.59 Å². The van der Waals surface area contributed by atoms with E-state index in [0.717, 1.165) is 18.4 Å². The number of hydrogen-bond donors (Lipinski definition) is 2. The molecular weight excluding hydrogens is 342 g/mol. The van der Waals surface area contributed by atoms with Crippen LogP contribution in [0.1, 0.15) is 49.5 Å². The first-order valence-corrected chi connectivity index (χ1v) is 9.68. The lowest BCUT2D eigenvalue weighted by atomic mass is 9.94. The SMILES string of the molecule is CC(=O)NCC1CCN(C(=O)C(NC(=O)c2cccc(C)c2)C(C)C)CC1. The largest absolute Gasteiger partial charge is 0.356 e. The minimum atomic E-state index is -0.537. The van der Waals surface area contributed by atoms with E-state index in [1.807, 2.05) is 43.9 Å². The van der Waals surface area contributed by atoms with Crippen molar-refractivity contribution in [2.24, 2.45) is 11.8 Å². The summed E-state index contributed by atoms with van der Waals surface area (Å²) in [4.78, 5) is 38.5. The predicted octanol–water partition coefficient (Wildman–Crippen LogP) is 2.12. The summed E-state index contributed by atoms with van der Waals surface area (Å²) in [6.07, 6.45) is 1.73. The second kappa shape index (κ2) is 9.53. The van der Waals surface area contributed by atoms with Crippen molar-refractivity contribution in [1.82, 2.24) is 15.5 Å². The van der Waals surface area contributed by atoms with Gasteiger partial charge >= 0.3 is 0 Å². The summed E-state index contributed by atoms with van der Waals surface area (Å²) in [5.74, 6) is 0.142. The Bertz CT molecular complexity index is 679. The van der Waals surface area contributed by atoms with E-state index in [1.54, 1.807) is 6.07 Å². The number of nitrogens with zero attached hydrogens (tertiary/aromatic N) is 1. The number of likely N-dealkylation sites (tertiary alicyclic amines) is 1. The van der Waals surface area contributed by atoms with E-state index in [-0.39, 0.29) is 23.6 Å². The molecule has 2 N–H and O–H groups in total. The maximum absolute atomic E-state index is 13.0. The van der Waals surface area contributed by atoms with E-state index in [4.69, 9.17) is 0 Å². The van der Waals surface area contributed by atoms with Gasteiger partial charge in [0.05, 0.1) is 0 Å². The summed E-state index contributed by atoms with van der Waals surface area (Å²) >= 11 is 0. The molecule has 6 heteroatoms. The van der Waals surface area contributed by atoms with E-state index < -0.39 is 6.04 Å². The highest BCUT2D eigenvalue weighted by atomic mass is 16.2. The van der Waals surface area contributed by atoms with Gasteiger partial charge in [-0.1, -0.05) is 31.5 Å². The third-order valence-corrected chi connectivity index (χ3v) is 5.07. The Morgan fingerprint density at radius 1 is 1.19 bits per heavy atom. The van der Waals surface area contributed by atoms with Gasteiger partial charge in [-0.2, -0.15) is 0 Å². The average Bonchev–Trinajstić information content (AvgIpc) is 2.63. The molecule has 0 radical (unpaired) electrons. The van der Waals surface area contributed by atoms with Crippen LogP contribution in [0.5, 0.6) is 0 Å². The Hall–Kier alpha value is -2.37. The van der Waals surface area contributed by atoms with Gasteiger partial charge in [-0.3, -0.25) is 14.4 Å². The number of hydrogen-bond acceptors (Lipinski definition) is 3. The molecule has 2 rings (SSSR count). The molecule has 0 aliphatic carbocycles. The van der Waals surface area contributed by atoms with E-state index in [0.29, 0.717) is 31.1 Å². The highest BCUT2D eigenvalue weighted by Crippen LogP contribution is 2.19. The van der Waals surface area contributed by atoms with Crippen LogP contribution in [0.2, 0.25) is 0 Å². The number of nitrogens with one attached hydrogen (secondary N) is 2. The first kappa shape index (κ1) is 20.9. The van der Waals surface area contributed by atoms with Crippen molar-refractivity contribution in [2.45, 2.75) is 46.6 Å². The maximum atomic E-state index is 13.0. The Balaban J connectivity index is 1.95. The van der Waals surface area contributed by atoms with E-state index in [1.165, 1.54) is 6.92 Å². The van der Waals surface area contributed by atoms with E-state index >= 15 is 0 Å². The van der Waals surface area contributed by atoms with Gasteiger partial charge in [-0.05, 0) is 43.7 Å². The lowest BCUT2D eigenvalue weighted by Gasteiger charge is -2.35. The van der Waals surface area contributed by atoms with E-state index in [9.17, 15) is 14.4 Å². The third-order valence-electron chi connectivity index (χ3n) is 5.07. The van der Waals surface area contributed by atoms with Crippen molar-refractivity contribution in [3.05, 3.63) is 35.4 Å². The molecule has 6 nitrogen and oxygen atoms in total. The number of aryl methyl sites for hydroxylation is 1. The normalized spacial score (nSPS) is 16.1. The lowest BCUT2D eigenvalue weighted by molar-refractivity contribution is -0.135. The number of carbonyl (C=O) groups is 3. The van der Waals surface area contributed by atoms with Crippen molar-refractivity contribution in [2.75, 3.05) is 19.6 Å². The first-order chi connectivity index (χ1) is 12.8. The molecule has 27 heavy (non-hydrogen) atoms. The Labute approximate surface area is 161 Å². The number of carbonyl (C=O) groups excluding carboxylic acids is 3. The molecule has 148 valence electrons. The fraction of sp³-hybridized carbons (Fsp3) is 0.571. The highest BCUT2D eigenvalue weighted by Gasteiger charge is 2.31. The first-order valence-electron chi connectivity index (χ1n) is 9.68. The molecule has 1 atom stereocenters. The summed E-state index contributed by atoms with van der Waals surface area (Å²) in [5.41, 5.74) is 1.58. The third kappa shape index (κ3) is 6.08. The molecule has 0 spiro atoms. The number of piperidine rings is 1. The Morgan fingerprint density at radius 3 is 2.41 bits per heavy atom. The van der Waals surface area contributed by atoms with Gasteiger partial charge < -0.3 is 15.5 Å². The molecule has 1 aliphatic heterocycles. The van der Waals surface area contributed by atoms with Gasteiger partial charge in [0, 0.05) is 32.1 Å². The fourth-order valence-electron chi connectivity index (χ4n) is 3.37. The molecule has 0 bridgehead atoms. The summed E-state index contributed by atoms with van der Waals surface area (Å²) < 4.78 is 0. The topological polar surface area (TPSA) is 78.5 Å². The monoisotopic (exact) mass is 373 g/mol. The van der Waals surface area contributed by atoms with Gasteiger partial charge in [0.2, 0.25) is 11.8 Å². The van der Waals surface area contributed by atoms with Gasteiger partial charge in [0.15, 0.2) is 0 Å². The number of amides is 3. The highest BCUT2D eigenvalue weighted by molar-refractivity contribution is 5.97. The second-order valence-corrected chi connectivity index (χ2v) is 7.77. The van der Waals surface area contributed by atoms with Gasteiger partial charge in [0.1, 0.15) is 6.04 Å². The van der Waals surface area contributed by atoms with Crippen molar-refractivity contribution in [3.8, 4) is 0 Å². The minimum Gasteiger partial charge on any atom is -0.356 e. The summed E-state index contributed by atoms with van der Waals surface area (Å²) in [6.45, 7) is 9.33. The molecule has 1 aromatic carbocycles. The zero-order valence-corrected chi connectivity index (χ0v) is 16.7. The van der Waals surface area contributed by atoms with Crippen LogP contribution in [0, 0.1) is 18.8 Å². The molecule has 0 saturated carbocycles. The van der Waals surface area contributed by atoms with Gasteiger partial charge in [-0.25, -0.2) is 0 Å². The van der Waals surface area contributed by atoms with Crippen LogP contribution in [-0.4, -0.2) is 48.3 Å². The number of benzene rings is 1. The van der Waals surface area contributed by atoms with Gasteiger partial charge in [0.25, 0.3) is 5.91 Å². The summed E-state index contributed by atoms with van der Waals surface area (Å²) in [5, 5.41) is 5.77. The lowest BCUT2D eigenvalue weighted by Crippen LogP contribution is -2.53. The molecule has 1 aromatic rings. The predicted molar refractivity (Wildman–Crippen MR) is 105 cm³/mol. The van der Waals surface area contributed by atoms with Crippen LogP contribution >= 0.6 is 0 Å². The van der Waals surface area contributed by atoms with Crippen molar-refractivity contribution in [3.63, 3.8) is 0 Å². The standard InChI is InChI=1S/C21H31N3O3/c1-14(2)19(23-20(26)18-7-5-6-15(3)12-18)21(27)24-10-8-17(9-11-24)13-22-16(4)25/h5-7,12,14,17,19H,8-11,13H2,1-4H3,(H,22,25)(H,23,26). The van der Waals surface area contributed by atoms with Crippen LogP contribution in [0.4, 0.5) is 0 Å². The smallest absolute Gasteiger partial charge is 0.251 e. The molecule has 1 aliphatic rings. The molecule has 0 aromatic heterocycles.